The van der Waals surface area contributed by atoms with Gasteiger partial charge in [0.05, 0.1) is 18.3 Å². The molecule has 2 aromatic rings. The van der Waals surface area contributed by atoms with Gasteiger partial charge in [-0.05, 0) is 35.3 Å². The summed E-state index contributed by atoms with van der Waals surface area (Å²) >= 11 is 4.50. The van der Waals surface area contributed by atoms with Crippen LogP contribution < -0.4 is 0 Å². The van der Waals surface area contributed by atoms with Gasteiger partial charge in [0, 0.05) is 6.61 Å². The van der Waals surface area contributed by atoms with Crippen LogP contribution in [0.1, 0.15) is 12.0 Å². The van der Waals surface area contributed by atoms with Crippen LogP contribution in [0.3, 0.4) is 0 Å². The molecule has 0 bridgehead atoms. The zero-order chi connectivity index (χ0) is 14.0. The van der Waals surface area contributed by atoms with Crippen LogP contribution in [0.5, 0.6) is 0 Å². The predicted molar refractivity (Wildman–Crippen MR) is 86.0 cm³/mol. The lowest BCUT2D eigenvalue weighted by Crippen LogP contribution is -1.97. The van der Waals surface area contributed by atoms with Gasteiger partial charge in [-0.2, -0.15) is 0 Å². The normalized spacial score (nSPS) is 10.0. The molecule has 0 atom stereocenters. The second kappa shape index (κ2) is 8.39. The van der Waals surface area contributed by atoms with Crippen molar-refractivity contribution in [2.75, 3.05) is 13.2 Å². The number of hydrogen-bond acceptors (Lipinski definition) is 3. The Morgan fingerprint density at radius 2 is 1.65 bits per heavy atom. The fourth-order valence-corrected chi connectivity index (χ4v) is 2.00. The van der Waals surface area contributed by atoms with Gasteiger partial charge in [0.2, 0.25) is 0 Å². The van der Waals surface area contributed by atoms with Crippen molar-refractivity contribution in [3.05, 3.63) is 60.2 Å². The fraction of sp³-hybridized carbons (Fsp3) is 0.235. The van der Waals surface area contributed by atoms with E-state index in [0.717, 1.165) is 6.42 Å². The van der Waals surface area contributed by atoms with Gasteiger partial charge in [-0.15, -0.1) is 0 Å². The monoisotopic (exact) mass is 283 g/mol. The van der Waals surface area contributed by atoms with E-state index < -0.39 is 0 Å². The summed E-state index contributed by atoms with van der Waals surface area (Å²) in [6.07, 6.45) is 0.881. The van der Waals surface area contributed by atoms with Crippen LogP contribution in [0, 0.1) is 0 Å². The fourth-order valence-electron chi connectivity index (χ4n) is 1.91. The molecule has 0 aliphatic rings. The molecule has 0 unspecified atom stereocenters. The van der Waals surface area contributed by atoms with Crippen LogP contribution in [0.2, 0.25) is 0 Å². The Labute approximate surface area is 125 Å². The molecule has 2 aromatic carbocycles. The van der Waals surface area contributed by atoms with Gasteiger partial charge in [0.1, 0.15) is 0 Å². The Kier molecular flexibility index (Phi) is 6.12. The first kappa shape index (κ1) is 14.6. The molecule has 0 saturated heterocycles. The molecule has 20 heavy (non-hydrogen) atoms. The number of rotatable bonds is 7. The first-order valence-electron chi connectivity index (χ1n) is 6.66. The van der Waals surface area contributed by atoms with Gasteiger partial charge < -0.3 is 4.74 Å². The highest BCUT2D eigenvalue weighted by Gasteiger charge is 1.97. The number of aliphatic imine (C=N–C) groups is 1. The minimum atomic E-state index is 0.635. The van der Waals surface area contributed by atoms with Gasteiger partial charge in [-0.1, -0.05) is 54.6 Å². The SMILES string of the molecule is S=C=NCCCOCc1ccc(-c2ccccc2)cc1. The lowest BCUT2D eigenvalue weighted by molar-refractivity contribution is 0.120. The third kappa shape index (κ3) is 4.71. The summed E-state index contributed by atoms with van der Waals surface area (Å²) in [4.78, 5) is 3.85. The van der Waals surface area contributed by atoms with Crippen LogP contribution in [-0.4, -0.2) is 18.3 Å². The molecular weight excluding hydrogens is 266 g/mol. The number of isothiocyanates is 1. The molecule has 0 aliphatic carbocycles. The summed E-state index contributed by atoms with van der Waals surface area (Å²) in [5.41, 5.74) is 3.64. The number of benzene rings is 2. The quantitative estimate of drug-likeness (QED) is 0.428. The molecule has 0 aliphatic heterocycles. The van der Waals surface area contributed by atoms with Gasteiger partial charge in [-0.25, -0.2) is 4.99 Å². The van der Waals surface area contributed by atoms with E-state index in [-0.39, 0.29) is 0 Å². The van der Waals surface area contributed by atoms with E-state index in [1.54, 1.807) is 0 Å². The molecule has 0 fully saturated rings. The minimum Gasteiger partial charge on any atom is -0.377 e. The summed E-state index contributed by atoms with van der Waals surface area (Å²) < 4.78 is 5.59. The van der Waals surface area contributed by atoms with Gasteiger partial charge in [0.15, 0.2) is 0 Å². The Morgan fingerprint density at radius 1 is 0.950 bits per heavy atom. The van der Waals surface area contributed by atoms with E-state index in [4.69, 9.17) is 4.74 Å². The van der Waals surface area contributed by atoms with Crippen LogP contribution in [0.15, 0.2) is 59.6 Å². The maximum atomic E-state index is 5.59. The summed E-state index contributed by atoms with van der Waals surface area (Å²) in [7, 11) is 0. The highest BCUT2D eigenvalue weighted by Crippen LogP contribution is 2.19. The lowest BCUT2D eigenvalue weighted by Gasteiger charge is -2.05. The molecule has 0 amide bonds. The van der Waals surface area contributed by atoms with Crippen LogP contribution in [0.25, 0.3) is 11.1 Å². The largest absolute Gasteiger partial charge is 0.377 e. The van der Waals surface area contributed by atoms with Crippen LogP contribution in [-0.2, 0) is 11.3 Å². The van der Waals surface area contributed by atoms with E-state index in [1.807, 2.05) is 6.07 Å². The van der Waals surface area contributed by atoms with Crippen molar-refractivity contribution in [2.45, 2.75) is 13.0 Å². The van der Waals surface area contributed by atoms with E-state index in [2.05, 4.69) is 70.9 Å². The number of nitrogens with zero attached hydrogens (tertiary/aromatic N) is 1. The summed E-state index contributed by atoms with van der Waals surface area (Å²) in [5.74, 6) is 0. The van der Waals surface area contributed by atoms with Crippen molar-refractivity contribution < 1.29 is 4.74 Å². The van der Waals surface area contributed by atoms with E-state index >= 15 is 0 Å². The number of thiocarbonyl (C=S) groups is 1. The van der Waals surface area contributed by atoms with Crippen molar-refractivity contribution in [2.24, 2.45) is 4.99 Å². The molecule has 0 aromatic heterocycles. The number of ether oxygens (including phenoxy) is 1. The molecular formula is C17H17NOS. The highest BCUT2D eigenvalue weighted by molar-refractivity contribution is 7.78. The average Bonchev–Trinajstić information content (AvgIpc) is 2.52. The molecule has 2 rings (SSSR count). The highest BCUT2D eigenvalue weighted by atomic mass is 32.1. The Morgan fingerprint density at radius 3 is 2.35 bits per heavy atom. The van der Waals surface area contributed by atoms with Gasteiger partial charge in [-0.3, -0.25) is 0 Å². The predicted octanol–water partition coefficient (Wildman–Crippen LogP) is 4.36. The zero-order valence-electron chi connectivity index (χ0n) is 11.3. The Hall–Kier alpha value is -1.80. The first-order valence-corrected chi connectivity index (χ1v) is 7.07. The number of hydrogen-bond donors (Lipinski definition) is 0. The average molecular weight is 283 g/mol. The molecule has 2 nitrogen and oxygen atoms in total. The van der Waals surface area contributed by atoms with Crippen molar-refractivity contribution in [3.63, 3.8) is 0 Å². The van der Waals surface area contributed by atoms with E-state index in [0.29, 0.717) is 19.8 Å². The van der Waals surface area contributed by atoms with E-state index in [1.165, 1.54) is 16.7 Å². The molecule has 0 radical (unpaired) electrons. The Bertz CT molecular complexity index is 559. The van der Waals surface area contributed by atoms with Crippen molar-refractivity contribution >= 4 is 17.4 Å². The third-order valence-electron chi connectivity index (χ3n) is 2.95. The smallest absolute Gasteiger partial charge is 0.0716 e. The third-order valence-corrected chi connectivity index (χ3v) is 3.08. The van der Waals surface area contributed by atoms with Gasteiger partial charge in [0.25, 0.3) is 0 Å². The molecule has 0 heterocycles. The summed E-state index contributed by atoms with van der Waals surface area (Å²) in [6.45, 7) is 2.02. The van der Waals surface area contributed by atoms with Crippen molar-refractivity contribution in [1.82, 2.24) is 0 Å². The molecule has 0 saturated carbocycles. The minimum absolute atomic E-state index is 0.635. The standard InChI is InChI=1S/C17H17NOS/c20-14-18-11-4-12-19-13-15-7-9-17(10-8-15)16-5-2-1-3-6-16/h1-3,5-10H,4,11-13H2. The van der Waals surface area contributed by atoms with E-state index in [9.17, 15) is 0 Å². The summed E-state index contributed by atoms with van der Waals surface area (Å²) in [6, 6.07) is 18.8. The first-order chi connectivity index (χ1) is 9.90. The maximum absolute atomic E-state index is 5.59. The van der Waals surface area contributed by atoms with Crippen LogP contribution in [0.4, 0.5) is 0 Å². The lowest BCUT2D eigenvalue weighted by atomic mass is 10.0. The maximum Gasteiger partial charge on any atom is 0.0716 e. The van der Waals surface area contributed by atoms with Crippen LogP contribution >= 0.6 is 12.2 Å². The molecule has 0 spiro atoms. The van der Waals surface area contributed by atoms with Crippen molar-refractivity contribution in [3.8, 4) is 11.1 Å². The molecule has 102 valence electrons. The molecule has 3 heteroatoms. The Balaban J connectivity index is 1.81. The second-order valence-corrected chi connectivity index (χ2v) is 4.62. The van der Waals surface area contributed by atoms with Gasteiger partial charge >= 0.3 is 0 Å². The van der Waals surface area contributed by atoms with Crippen molar-refractivity contribution in [1.29, 1.82) is 0 Å². The topological polar surface area (TPSA) is 21.6 Å². The second-order valence-electron chi connectivity index (χ2n) is 4.44. The zero-order valence-corrected chi connectivity index (χ0v) is 12.1. The molecule has 0 N–H and O–H groups in total. The summed E-state index contributed by atoms with van der Waals surface area (Å²) in [5, 5.41) is 2.35.